The highest BCUT2D eigenvalue weighted by molar-refractivity contribution is 8.02. The van der Waals surface area contributed by atoms with Crippen molar-refractivity contribution in [3.8, 4) is 5.75 Å². The second kappa shape index (κ2) is 8.92. The summed E-state index contributed by atoms with van der Waals surface area (Å²) in [5.74, 6) is -5.68. The Kier molecular flexibility index (Phi) is 6.32. The highest BCUT2D eigenvalue weighted by Crippen LogP contribution is 2.49. The molecule has 0 aromatic heterocycles. The zero-order valence-electron chi connectivity index (χ0n) is 18.4. The number of phenols is 1. The zero-order chi connectivity index (χ0) is 27.4. The first kappa shape index (κ1) is 26.2. The number of aromatic hydroxyl groups is 1. The molecule has 1 aromatic rings. The summed E-state index contributed by atoms with van der Waals surface area (Å²) in [5.41, 5.74) is 6.25. The first-order chi connectivity index (χ1) is 17.2. The van der Waals surface area contributed by atoms with Crippen LogP contribution in [-0.2, 0) is 24.5 Å². The minimum Gasteiger partial charge on any atom is -0.508 e. The van der Waals surface area contributed by atoms with E-state index in [9.17, 15) is 51.5 Å². The number of nitrogens with one attached hydrogen (secondary N) is 2. The van der Waals surface area contributed by atoms with Crippen molar-refractivity contribution in [3.05, 3.63) is 29.6 Å². The van der Waals surface area contributed by atoms with Gasteiger partial charge in [0.05, 0.1) is 13.1 Å². The fourth-order valence-electron chi connectivity index (χ4n) is 4.31. The Morgan fingerprint density at radius 1 is 1.24 bits per heavy atom. The van der Waals surface area contributed by atoms with Crippen molar-refractivity contribution in [1.29, 1.82) is 0 Å². The largest absolute Gasteiger partial charge is 0.508 e. The van der Waals surface area contributed by atoms with Crippen molar-refractivity contribution in [2.24, 2.45) is 5.73 Å². The van der Waals surface area contributed by atoms with E-state index < -0.39 is 85.2 Å². The molecule has 200 valence electrons. The first-order valence-corrected chi connectivity index (χ1v) is 12.7. The second-order valence-electron chi connectivity index (χ2n) is 8.21. The van der Waals surface area contributed by atoms with Crippen LogP contribution in [0.5, 0.6) is 5.75 Å². The minimum absolute atomic E-state index is 0.107. The summed E-state index contributed by atoms with van der Waals surface area (Å²) in [7, 11) is -5.26. The van der Waals surface area contributed by atoms with Gasteiger partial charge in [-0.15, -0.1) is 0 Å². The molecule has 7 N–H and O–H groups in total. The molecule has 3 aliphatic rings. The average Bonchev–Trinajstić information content (AvgIpc) is 3.32. The molecule has 16 nitrogen and oxygen atoms in total. The van der Waals surface area contributed by atoms with Crippen LogP contribution < -0.4 is 16.5 Å². The third-order valence-electron chi connectivity index (χ3n) is 5.97. The molecule has 0 saturated carbocycles. The number of aliphatic carboxylic acids is 1. The van der Waals surface area contributed by atoms with E-state index in [2.05, 4.69) is 5.32 Å². The molecule has 37 heavy (non-hydrogen) atoms. The van der Waals surface area contributed by atoms with E-state index in [1.807, 2.05) is 5.43 Å². The van der Waals surface area contributed by atoms with Crippen molar-refractivity contribution >= 4 is 51.7 Å². The molecule has 6 amide bonds. The molecule has 4 atom stereocenters. The van der Waals surface area contributed by atoms with Crippen molar-refractivity contribution in [2.75, 3.05) is 19.6 Å². The third-order valence-corrected chi connectivity index (χ3v) is 8.71. The van der Waals surface area contributed by atoms with Crippen molar-refractivity contribution in [3.63, 3.8) is 0 Å². The number of hydrogen-bond acceptors (Lipinski definition) is 9. The maximum atomic E-state index is 14.3. The van der Waals surface area contributed by atoms with Crippen LogP contribution in [0.4, 0.5) is 14.0 Å². The van der Waals surface area contributed by atoms with Crippen LogP contribution in [0.2, 0.25) is 0 Å². The van der Waals surface area contributed by atoms with Crippen LogP contribution in [0.1, 0.15) is 10.8 Å². The van der Waals surface area contributed by atoms with Gasteiger partial charge in [0.25, 0.3) is 10.1 Å². The molecule has 0 bridgehead atoms. The summed E-state index contributed by atoms with van der Waals surface area (Å²) in [6, 6.07) is -1.26. The van der Waals surface area contributed by atoms with Gasteiger partial charge in [-0.3, -0.25) is 19.0 Å². The maximum Gasteiger partial charge on any atom is 0.342 e. The Morgan fingerprint density at radius 3 is 2.49 bits per heavy atom. The number of amides is 6. The quantitative estimate of drug-likeness (QED) is 0.156. The molecule has 4 rings (SSSR count). The number of primary amides is 1. The number of β-lactam (4-membered cyclic amide) rings is 1. The number of nitrogens with two attached hydrogens (primary N) is 1. The van der Waals surface area contributed by atoms with Gasteiger partial charge in [0, 0.05) is 18.2 Å². The summed E-state index contributed by atoms with van der Waals surface area (Å²) in [6.45, 7) is -0.757. The molecular weight excluding hydrogens is 543 g/mol. The molecule has 3 aliphatic heterocycles. The van der Waals surface area contributed by atoms with Crippen molar-refractivity contribution < 1.29 is 51.5 Å². The van der Waals surface area contributed by atoms with Gasteiger partial charge in [-0.1, -0.05) is 17.8 Å². The Morgan fingerprint density at radius 2 is 1.92 bits per heavy atom. The number of halogens is 1. The number of carboxylic acids is 1. The van der Waals surface area contributed by atoms with Crippen molar-refractivity contribution in [1.82, 2.24) is 25.6 Å². The summed E-state index contributed by atoms with van der Waals surface area (Å²) in [4.78, 5) is 61.6. The molecule has 3 heterocycles. The Bertz CT molecular complexity index is 1330. The lowest BCUT2D eigenvalue weighted by molar-refractivity contribution is -0.151. The zero-order valence-corrected chi connectivity index (χ0v) is 20.0. The standard InChI is InChI=1S/C18H19FN6O10S2/c19-9-5-7(26)1-2-8(9)11(37(33,34)35)12(27)21-10-13(28)23-6-18(15(29)30,36-14(10)23)24-3-4-25(17(24)32)22-16(20)31/h1-2,5,10-11,14,26H,3-4,6H2,(H,21,27)(H,29,30)(H3,20,22,31)(H,33,34,35)/t10-,11?,14-,18-/m1/s1. The molecule has 0 spiro atoms. The fourth-order valence-corrected chi connectivity index (χ4v) is 6.80. The number of fused-ring (bicyclic) bond motifs is 1. The summed E-state index contributed by atoms with van der Waals surface area (Å²) < 4.78 is 47.7. The predicted octanol–water partition coefficient (Wildman–Crippen LogP) is -2.04. The number of hydrazine groups is 1. The Balaban J connectivity index is 1.56. The Hall–Kier alpha value is -3.84. The monoisotopic (exact) mass is 562 g/mol. The lowest BCUT2D eigenvalue weighted by Crippen LogP contribution is -2.68. The van der Waals surface area contributed by atoms with Gasteiger partial charge in [-0.05, 0) is 6.07 Å². The van der Waals surface area contributed by atoms with Crippen LogP contribution in [0.15, 0.2) is 18.2 Å². The minimum atomic E-state index is -5.26. The number of nitrogens with zero attached hydrogens (tertiary/aromatic N) is 3. The number of carboxylic acid groups (broad SMARTS) is 1. The van der Waals surface area contributed by atoms with Gasteiger partial charge in [-0.2, -0.15) is 8.42 Å². The highest BCUT2D eigenvalue weighted by atomic mass is 32.2. The lowest BCUT2D eigenvalue weighted by atomic mass is 10.0. The topological polar surface area (TPSA) is 240 Å². The molecule has 19 heteroatoms. The predicted molar refractivity (Wildman–Crippen MR) is 119 cm³/mol. The summed E-state index contributed by atoms with van der Waals surface area (Å²) in [5, 5.41) is 18.7. The second-order valence-corrected chi connectivity index (χ2v) is 11.1. The normalized spacial score (nSPS) is 25.9. The van der Waals surface area contributed by atoms with E-state index in [1.165, 1.54) is 0 Å². The number of benzene rings is 1. The molecule has 0 radical (unpaired) electrons. The maximum absolute atomic E-state index is 14.3. The first-order valence-electron chi connectivity index (χ1n) is 10.3. The number of carbonyl (C=O) groups is 5. The van der Waals surface area contributed by atoms with Gasteiger partial charge in [0.15, 0.2) is 5.25 Å². The highest BCUT2D eigenvalue weighted by Gasteiger charge is 2.66. The molecule has 1 unspecified atom stereocenters. The smallest absolute Gasteiger partial charge is 0.342 e. The van der Waals surface area contributed by atoms with Gasteiger partial charge < -0.3 is 26.2 Å². The van der Waals surface area contributed by atoms with Crippen LogP contribution in [0.25, 0.3) is 0 Å². The molecule has 3 fully saturated rings. The van der Waals surface area contributed by atoms with Crippen molar-refractivity contribution in [2.45, 2.75) is 21.5 Å². The number of hydrogen-bond donors (Lipinski definition) is 6. The van der Waals surface area contributed by atoms with E-state index >= 15 is 0 Å². The number of carbonyl (C=O) groups excluding carboxylic acids is 4. The van der Waals surface area contributed by atoms with Gasteiger partial charge in [0.2, 0.25) is 16.7 Å². The van der Waals surface area contributed by atoms with Crippen LogP contribution in [0.3, 0.4) is 0 Å². The SMILES string of the molecule is NC(=O)NN1CCN([C@]2(C(=O)O)CN3C(=O)[C@@H](NC(=O)C(c4ccc(O)cc4F)S(=O)(=O)O)[C@H]3S2)C1=O. The summed E-state index contributed by atoms with van der Waals surface area (Å²) in [6.07, 6.45) is 0. The van der Waals surface area contributed by atoms with E-state index in [0.29, 0.717) is 17.8 Å². The third kappa shape index (κ3) is 4.33. The van der Waals surface area contributed by atoms with Gasteiger partial charge in [0.1, 0.15) is 23.0 Å². The van der Waals surface area contributed by atoms with Crippen LogP contribution >= 0.6 is 11.8 Å². The number of rotatable bonds is 7. The molecule has 3 saturated heterocycles. The van der Waals surface area contributed by atoms with E-state index in [0.717, 1.165) is 26.9 Å². The van der Waals surface area contributed by atoms with Gasteiger partial charge >= 0.3 is 18.0 Å². The lowest BCUT2D eigenvalue weighted by Gasteiger charge is -2.41. The fraction of sp³-hybridized carbons (Fsp3) is 0.389. The molecule has 1 aromatic carbocycles. The number of thioether (sulfide) groups is 1. The van der Waals surface area contributed by atoms with E-state index in [4.69, 9.17) is 5.73 Å². The van der Waals surface area contributed by atoms with Crippen LogP contribution in [-0.4, -0.2) is 104 Å². The summed E-state index contributed by atoms with van der Waals surface area (Å²) >= 11 is 0.618. The number of urea groups is 2. The number of phenolic OH excluding ortho intramolecular Hbond substituents is 1. The molecular formula is C18H19FN6O10S2. The van der Waals surface area contributed by atoms with E-state index in [-0.39, 0.29) is 13.1 Å². The Labute approximate surface area is 211 Å². The average molecular weight is 563 g/mol. The van der Waals surface area contributed by atoms with E-state index in [1.54, 1.807) is 0 Å². The van der Waals surface area contributed by atoms with Gasteiger partial charge in [-0.25, -0.2) is 29.2 Å². The van der Waals surface area contributed by atoms with Crippen LogP contribution in [0, 0.1) is 5.82 Å². The molecule has 0 aliphatic carbocycles.